The quantitative estimate of drug-likeness (QED) is 0.561. The van der Waals surface area contributed by atoms with Crippen LogP contribution < -0.4 is 10.1 Å². The summed E-state index contributed by atoms with van der Waals surface area (Å²) in [5, 5.41) is 2.75. The number of nitrogens with one attached hydrogen (secondary N) is 1. The fraction of sp³-hybridized carbons (Fsp3) is 0.435. The number of ketones is 1. The number of nitrogens with zero attached hydrogens (tertiary/aromatic N) is 2. The molecule has 7 nitrogen and oxygen atoms in total. The maximum absolute atomic E-state index is 13.1. The molecule has 7 heteroatoms. The molecule has 1 aliphatic carbocycles. The summed E-state index contributed by atoms with van der Waals surface area (Å²) in [7, 11) is 0. The smallest absolute Gasteiger partial charge is 0.325 e. The van der Waals surface area contributed by atoms with Gasteiger partial charge in [-0.25, -0.2) is 4.79 Å². The van der Waals surface area contributed by atoms with E-state index < -0.39 is 17.5 Å². The van der Waals surface area contributed by atoms with Crippen LogP contribution in [0.15, 0.2) is 30.3 Å². The van der Waals surface area contributed by atoms with Crippen LogP contribution in [0.25, 0.3) is 0 Å². The Morgan fingerprint density at radius 1 is 1.20 bits per heavy atom. The third-order valence-corrected chi connectivity index (χ3v) is 6.02. The standard InChI is InChI=1S/C23H27N3O4/c1-5-30-18-10-6-16(7-11-18)23(4)21(28)25(22(29)24-23)13-20(27)19-12-14(2)26(15(19)3)17-8-9-17/h6-7,10-12,17H,5,8-9,13H2,1-4H3,(H,24,29). The molecule has 158 valence electrons. The third kappa shape index (κ3) is 3.28. The summed E-state index contributed by atoms with van der Waals surface area (Å²) in [5.41, 5.74) is 1.95. The molecule has 30 heavy (non-hydrogen) atoms. The Kier molecular flexibility index (Phi) is 4.92. The number of aromatic nitrogens is 1. The molecule has 1 aliphatic heterocycles. The summed E-state index contributed by atoms with van der Waals surface area (Å²) in [5.74, 6) is 0.0372. The van der Waals surface area contributed by atoms with Crippen molar-refractivity contribution in [3.63, 3.8) is 0 Å². The van der Waals surface area contributed by atoms with E-state index >= 15 is 0 Å². The molecule has 0 radical (unpaired) electrons. The average molecular weight is 409 g/mol. The van der Waals surface area contributed by atoms with E-state index in [2.05, 4.69) is 9.88 Å². The highest BCUT2D eigenvalue weighted by Crippen LogP contribution is 2.38. The molecule has 0 bridgehead atoms. The van der Waals surface area contributed by atoms with Crippen molar-refractivity contribution in [3.8, 4) is 5.75 Å². The lowest BCUT2D eigenvalue weighted by Crippen LogP contribution is -2.41. The van der Waals surface area contributed by atoms with Crippen molar-refractivity contribution in [1.82, 2.24) is 14.8 Å². The maximum atomic E-state index is 13.1. The number of aryl methyl sites for hydroxylation is 1. The summed E-state index contributed by atoms with van der Waals surface area (Å²) in [6.45, 7) is 7.74. The fourth-order valence-corrected chi connectivity index (χ4v) is 4.27. The highest BCUT2D eigenvalue weighted by atomic mass is 16.5. The number of carbonyl (C=O) groups is 3. The van der Waals surface area contributed by atoms with E-state index in [0.29, 0.717) is 29.5 Å². The molecular weight excluding hydrogens is 382 g/mol. The van der Waals surface area contributed by atoms with Gasteiger partial charge in [-0.05, 0) is 64.3 Å². The van der Waals surface area contributed by atoms with Crippen molar-refractivity contribution in [3.05, 3.63) is 52.8 Å². The van der Waals surface area contributed by atoms with Gasteiger partial charge in [-0.1, -0.05) is 12.1 Å². The van der Waals surface area contributed by atoms with Crippen LogP contribution in [0.5, 0.6) is 5.75 Å². The molecule has 1 aromatic carbocycles. The Hall–Kier alpha value is -3.09. The highest BCUT2D eigenvalue weighted by molar-refractivity contribution is 6.11. The first kappa shape index (κ1) is 20.2. The number of urea groups is 1. The van der Waals surface area contributed by atoms with Gasteiger partial charge < -0.3 is 14.6 Å². The number of rotatable bonds is 7. The lowest BCUT2D eigenvalue weighted by molar-refractivity contribution is -0.130. The minimum Gasteiger partial charge on any atom is -0.494 e. The van der Waals surface area contributed by atoms with Gasteiger partial charge in [0.2, 0.25) is 0 Å². The van der Waals surface area contributed by atoms with Gasteiger partial charge in [-0.3, -0.25) is 14.5 Å². The van der Waals surface area contributed by atoms with Crippen LogP contribution in [0.2, 0.25) is 0 Å². The predicted molar refractivity (Wildman–Crippen MR) is 112 cm³/mol. The Bertz CT molecular complexity index is 1020. The van der Waals surface area contributed by atoms with Crippen molar-refractivity contribution in [1.29, 1.82) is 0 Å². The second kappa shape index (κ2) is 7.31. The molecule has 2 fully saturated rings. The van der Waals surface area contributed by atoms with Crippen molar-refractivity contribution in [2.24, 2.45) is 0 Å². The van der Waals surface area contributed by atoms with E-state index in [1.54, 1.807) is 31.2 Å². The van der Waals surface area contributed by atoms with Crippen LogP contribution in [0.3, 0.4) is 0 Å². The van der Waals surface area contributed by atoms with Gasteiger partial charge in [0, 0.05) is 23.0 Å². The minimum absolute atomic E-state index is 0.227. The van der Waals surface area contributed by atoms with Crippen LogP contribution in [0.1, 0.15) is 60.0 Å². The molecule has 2 aliphatic rings. The maximum Gasteiger partial charge on any atom is 0.325 e. The van der Waals surface area contributed by atoms with Crippen LogP contribution in [-0.2, 0) is 10.3 Å². The van der Waals surface area contributed by atoms with Gasteiger partial charge in [0.1, 0.15) is 11.3 Å². The van der Waals surface area contributed by atoms with Gasteiger partial charge >= 0.3 is 6.03 Å². The number of ether oxygens (including phenoxy) is 1. The molecular formula is C23H27N3O4. The zero-order valence-electron chi connectivity index (χ0n) is 17.8. The topological polar surface area (TPSA) is 80.6 Å². The summed E-state index contributed by atoms with van der Waals surface area (Å²) >= 11 is 0. The summed E-state index contributed by atoms with van der Waals surface area (Å²) < 4.78 is 7.63. The first-order chi connectivity index (χ1) is 14.3. The summed E-state index contributed by atoms with van der Waals surface area (Å²) in [6.07, 6.45) is 2.24. The van der Waals surface area contributed by atoms with Crippen LogP contribution in [-0.4, -0.2) is 40.3 Å². The van der Waals surface area contributed by atoms with Crippen LogP contribution in [0.4, 0.5) is 4.79 Å². The number of imide groups is 1. The molecule has 3 amide bonds. The molecule has 0 spiro atoms. The second-order valence-corrected chi connectivity index (χ2v) is 8.21. The molecule has 1 atom stereocenters. The van der Waals surface area contributed by atoms with Gasteiger partial charge in [-0.15, -0.1) is 0 Å². The number of hydrogen-bond donors (Lipinski definition) is 1. The summed E-state index contributed by atoms with van der Waals surface area (Å²) in [4.78, 5) is 39.7. The highest BCUT2D eigenvalue weighted by Gasteiger charge is 2.49. The normalized spacial score (nSPS) is 21.1. The number of hydrogen-bond acceptors (Lipinski definition) is 4. The monoisotopic (exact) mass is 409 g/mol. The molecule has 2 heterocycles. The third-order valence-electron chi connectivity index (χ3n) is 6.02. The van der Waals surface area contributed by atoms with Gasteiger partial charge in [0.15, 0.2) is 5.78 Å². The first-order valence-electron chi connectivity index (χ1n) is 10.3. The minimum atomic E-state index is -1.22. The fourth-order valence-electron chi connectivity index (χ4n) is 4.27. The largest absolute Gasteiger partial charge is 0.494 e. The molecule has 1 N–H and O–H groups in total. The Balaban J connectivity index is 1.54. The van der Waals surface area contributed by atoms with Crippen LogP contribution >= 0.6 is 0 Å². The van der Waals surface area contributed by atoms with Crippen molar-refractivity contribution < 1.29 is 19.1 Å². The number of Topliss-reactive ketones (excluding diaryl/α,β-unsaturated/α-hetero) is 1. The van der Waals surface area contributed by atoms with E-state index in [1.807, 2.05) is 26.8 Å². The molecule has 2 aromatic rings. The molecule has 1 saturated heterocycles. The van der Waals surface area contributed by atoms with Crippen molar-refractivity contribution >= 4 is 17.7 Å². The van der Waals surface area contributed by atoms with Crippen LogP contribution in [0, 0.1) is 13.8 Å². The molecule has 4 rings (SSSR count). The Morgan fingerprint density at radius 3 is 2.47 bits per heavy atom. The molecule has 1 aromatic heterocycles. The van der Waals surface area contributed by atoms with E-state index in [1.165, 1.54) is 0 Å². The SMILES string of the molecule is CCOc1ccc(C2(C)NC(=O)N(CC(=O)c3cc(C)n(C4CC4)c3C)C2=O)cc1. The lowest BCUT2D eigenvalue weighted by atomic mass is 9.92. The summed E-state index contributed by atoms with van der Waals surface area (Å²) in [6, 6.07) is 8.83. The molecule has 1 unspecified atom stereocenters. The van der Waals surface area contributed by atoms with E-state index in [4.69, 9.17) is 4.74 Å². The number of amides is 3. The Morgan fingerprint density at radius 2 is 1.87 bits per heavy atom. The van der Waals surface area contributed by atoms with E-state index in [-0.39, 0.29) is 12.3 Å². The zero-order valence-corrected chi connectivity index (χ0v) is 17.8. The van der Waals surface area contributed by atoms with Gasteiger partial charge in [0.25, 0.3) is 5.91 Å². The van der Waals surface area contributed by atoms with Gasteiger partial charge in [0.05, 0.1) is 13.2 Å². The second-order valence-electron chi connectivity index (χ2n) is 8.21. The molecule has 1 saturated carbocycles. The predicted octanol–water partition coefficient (Wildman–Crippen LogP) is 3.49. The van der Waals surface area contributed by atoms with E-state index in [9.17, 15) is 14.4 Å². The van der Waals surface area contributed by atoms with E-state index in [0.717, 1.165) is 29.1 Å². The van der Waals surface area contributed by atoms with Crippen molar-refractivity contribution in [2.45, 2.75) is 52.1 Å². The first-order valence-corrected chi connectivity index (χ1v) is 10.3. The number of carbonyl (C=O) groups excluding carboxylic acids is 3. The van der Waals surface area contributed by atoms with Crippen molar-refractivity contribution in [2.75, 3.05) is 13.2 Å². The Labute approximate surface area is 176 Å². The average Bonchev–Trinajstić information content (AvgIpc) is 3.46. The lowest BCUT2D eigenvalue weighted by Gasteiger charge is -2.22. The van der Waals surface area contributed by atoms with Gasteiger partial charge in [-0.2, -0.15) is 0 Å². The number of benzene rings is 1. The zero-order chi connectivity index (χ0) is 21.6.